The third-order valence-electron chi connectivity index (χ3n) is 4.76. The molecule has 1 heterocycles. The van der Waals surface area contributed by atoms with Gasteiger partial charge in [-0.25, -0.2) is 0 Å². The van der Waals surface area contributed by atoms with E-state index >= 15 is 0 Å². The van der Waals surface area contributed by atoms with Crippen molar-refractivity contribution >= 4 is 46.4 Å². The number of nitrogens with zero attached hydrogens (tertiary/aromatic N) is 2. The Morgan fingerprint density at radius 2 is 1.83 bits per heavy atom. The van der Waals surface area contributed by atoms with Gasteiger partial charge in [-0.15, -0.1) is 0 Å². The van der Waals surface area contributed by atoms with E-state index in [-0.39, 0.29) is 17.4 Å². The third kappa shape index (κ3) is 6.13. The number of carbonyl (C=O) groups is 1. The number of amides is 1. The van der Waals surface area contributed by atoms with Crippen molar-refractivity contribution in [1.82, 2.24) is 4.90 Å². The summed E-state index contributed by atoms with van der Waals surface area (Å²) in [7, 11) is 0. The molecule has 1 aliphatic rings. The van der Waals surface area contributed by atoms with Gasteiger partial charge in [0, 0.05) is 30.0 Å². The number of carbonyl (C=O) groups excluding carboxylic acids is 1. The van der Waals surface area contributed by atoms with Crippen molar-refractivity contribution in [2.45, 2.75) is 46.3 Å². The van der Waals surface area contributed by atoms with E-state index in [1.807, 2.05) is 35.2 Å². The van der Waals surface area contributed by atoms with Crippen LogP contribution in [0.5, 0.6) is 0 Å². The van der Waals surface area contributed by atoms with E-state index in [0.717, 1.165) is 16.8 Å². The zero-order valence-electron chi connectivity index (χ0n) is 17.3. The average molecular weight is 468 g/mol. The lowest BCUT2D eigenvalue weighted by Crippen LogP contribution is -2.38. The number of hydrogen-bond acceptors (Lipinski definition) is 3. The first-order valence-electron chi connectivity index (χ1n) is 9.82. The molecule has 4 nitrogen and oxygen atoms in total. The molecule has 0 unspecified atom stereocenters. The molecule has 0 radical (unpaired) electrons. The third-order valence-corrected chi connectivity index (χ3v) is 5.87. The van der Waals surface area contributed by atoms with Crippen molar-refractivity contribution in [1.29, 1.82) is 0 Å². The highest BCUT2D eigenvalue weighted by Crippen LogP contribution is 2.27. The van der Waals surface area contributed by atoms with Crippen molar-refractivity contribution in [3.05, 3.63) is 68.7 Å². The Morgan fingerprint density at radius 1 is 1.10 bits per heavy atom. The highest BCUT2D eigenvalue weighted by atomic mass is 35.5. The fourth-order valence-corrected chi connectivity index (χ4v) is 3.76. The fourth-order valence-electron chi connectivity index (χ4n) is 3.27. The molecule has 1 atom stereocenters. The molecule has 0 fully saturated rings. The van der Waals surface area contributed by atoms with Gasteiger partial charge in [-0.3, -0.25) is 4.79 Å². The van der Waals surface area contributed by atoms with Crippen LogP contribution in [0.25, 0.3) is 0 Å². The summed E-state index contributed by atoms with van der Waals surface area (Å²) in [6, 6.07) is 13.0. The van der Waals surface area contributed by atoms with Crippen molar-refractivity contribution < 1.29 is 9.63 Å². The zero-order valence-corrected chi connectivity index (χ0v) is 19.6. The van der Waals surface area contributed by atoms with E-state index in [1.165, 1.54) is 0 Å². The maximum Gasteiger partial charge on any atom is 0.223 e. The van der Waals surface area contributed by atoms with E-state index in [1.54, 1.807) is 12.1 Å². The Morgan fingerprint density at radius 3 is 2.50 bits per heavy atom. The Kier molecular flexibility index (Phi) is 7.33. The summed E-state index contributed by atoms with van der Waals surface area (Å²) in [5.41, 5.74) is 2.45. The Labute approximate surface area is 192 Å². The Balaban J connectivity index is 1.72. The molecule has 2 aromatic rings. The van der Waals surface area contributed by atoms with Gasteiger partial charge in [-0.2, -0.15) is 0 Å². The van der Waals surface area contributed by atoms with Crippen molar-refractivity contribution in [3.63, 3.8) is 0 Å². The minimum absolute atomic E-state index is 0.0639. The molecule has 7 heteroatoms. The van der Waals surface area contributed by atoms with E-state index < -0.39 is 0 Å². The minimum Gasteiger partial charge on any atom is -0.390 e. The molecule has 0 spiro atoms. The zero-order chi connectivity index (χ0) is 21.9. The lowest BCUT2D eigenvalue weighted by molar-refractivity contribution is -0.135. The fraction of sp³-hybridized carbons (Fsp3) is 0.391. The van der Waals surface area contributed by atoms with Crippen LogP contribution >= 0.6 is 34.8 Å². The summed E-state index contributed by atoms with van der Waals surface area (Å²) >= 11 is 18.5. The molecule has 1 aliphatic heterocycles. The second-order valence-electron chi connectivity index (χ2n) is 8.70. The summed E-state index contributed by atoms with van der Waals surface area (Å²) in [5, 5.41) is 5.83. The molecular formula is C23H25Cl3N2O2. The highest BCUT2D eigenvalue weighted by Gasteiger charge is 2.29. The standard InChI is InChI=1S/C23H25Cl3N2O2/c1-23(2,3)12-22(29)28(13-16-6-4-5-7-18(16)24)14-17-11-21(27-30-17)15-8-9-19(25)20(26)10-15/h4-10,17H,11-14H2,1-3H3/t17-/m1/s1. The Hall–Kier alpha value is -1.75. The minimum atomic E-state index is -0.235. The summed E-state index contributed by atoms with van der Waals surface area (Å²) in [4.78, 5) is 20.5. The van der Waals surface area contributed by atoms with Gasteiger partial charge in [0.25, 0.3) is 0 Å². The Bertz CT molecular complexity index is 954. The first-order valence-corrected chi connectivity index (χ1v) is 10.9. The van der Waals surface area contributed by atoms with Crippen LogP contribution in [0.2, 0.25) is 15.1 Å². The van der Waals surface area contributed by atoms with Crippen LogP contribution in [-0.2, 0) is 16.2 Å². The van der Waals surface area contributed by atoms with Crippen LogP contribution in [0.1, 0.15) is 44.7 Å². The van der Waals surface area contributed by atoms with Crippen molar-refractivity contribution in [2.75, 3.05) is 6.54 Å². The number of hydrogen-bond donors (Lipinski definition) is 0. The van der Waals surface area contributed by atoms with Crippen molar-refractivity contribution in [3.8, 4) is 0 Å². The summed E-state index contributed by atoms with van der Waals surface area (Å²) in [5.74, 6) is 0.0639. The van der Waals surface area contributed by atoms with Crippen LogP contribution < -0.4 is 0 Å². The van der Waals surface area contributed by atoms with Gasteiger partial charge in [0.1, 0.15) is 0 Å². The molecule has 30 heavy (non-hydrogen) atoms. The predicted molar refractivity (Wildman–Crippen MR) is 123 cm³/mol. The van der Waals surface area contributed by atoms with Crippen LogP contribution in [0.4, 0.5) is 0 Å². The molecule has 2 aromatic carbocycles. The van der Waals surface area contributed by atoms with Gasteiger partial charge in [-0.05, 0) is 29.2 Å². The van der Waals surface area contributed by atoms with Gasteiger partial charge in [-0.1, -0.05) is 85.0 Å². The number of halogens is 3. The molecule has 3 rings (SSSR count). The van der Waals surface area contributed by atoms with Crippen LogP contribution in [0, 0.1) is 5.41 Å². The molecule has 0 bridgehead atoms. The quantitative estimate of drug-likeness (QED) is 0.480. The highest BCUT2D eigenvalue weighted by molar-refractivity contribution is 6.42. The molecule has 0 aliphatic carbocycles. The number of rotatable bonds is 6. The largest absolute Gasteiger partial charge is 0.390 e. The maximum absolute atomic E-state index is 13.1. The normalized spacial score (nSPS) is 16.2. The maximum atomic E-state index is 13.1. The molecule has 160 valence electrons. The van der Waals surface area contributed by atoms with Gasteiger partial charge < -0.3 is 9.74 Å². The molecule has 0 N–H and O–H groups in total. The van der Waals surface area contributed by atoms with E-state index in [0.29, 0.717) is 41.0 Å². The lowest BCUT2D eigenvalue weighted by Gasteiger charge is -2.28. The number of benzene rings is 2. The molecule has 0 aromatic heterocycles. The van der Waals surface area contributed by atoms with E-state index in [2.05, 4.69) is 25.9 Å². The van der Waals surface area contributed by atoms with Crippen LogP contribution in [-0.4, -0.2) is 29.2 Å². The summed E-state index contributed by atoms with van der Waals surface area (Å²) in [6.45, 7) is 7.01. The predicted octanol–water partition coefficient (Wildman–Crippen LogP) is 6.60. The average Bonchev–Trinajstić information content (AvgIpc) is 3.12. The van der Waals surface area contributed by atoms with E-state index in [4.69, 9.17) is 39.6 Å². The summed E-state index contributed by atoms with van der Waals surface area (Å²) < 4.78 is 0. The lowest BCUT2D eigenvalue weighted by atomic mass is 9.91. The monoisotopic (exact) mass is 466 g/mol. The second-order valence-corrected chi connectivity index (χ2v) is 9.92. The number of oxime groups is 1. The van der Waals surface area contributed by atoms with E-state index in [9.17, 15) is 4.79 Å². The molecular weight excluding hydrogens is 443 g/mol. The molecule has 0 saturated carbocycles. The molecule has 0 saturated heterocycles. The SMILES string of the molecule is CC(C)(C)CC(=O)N(Cc1ccccc1Cl)C[C@H]1CC(c2ccc(Cl)c(Cl)c2)=NO1. The van der Waals surface area contributed by atoms with Gasteiger partial charge in [0.2, 0.25) is 5.91 Å². The van der Waals surface area contributed by atoms with Crippen molar-refractivity contribution in [2.24, 2.45) is 10.6 Å². The van der Waals surface area contributed by atoms with Gasteiger partial charge in [0.05, 0.1) is 22.3 Å². The van der Waals surface area contributed by atoms with Gasteiger partial charge >= 0.3 is 0 Å². The van der Waals surface area contributed by atoms with Crippen LogP contribution in [0.3, 0.4) is 0 Å². The summed E-state index contributed by atoms with van der Waals surface area (Å²) in [6.07, 6.45) is 0.783. The smallest absolute Gasteiger partial charge is 0.223 e. The second kappa shape index (κ2) is 9.59. The molecule has 1 amide bonds. The topological polar surface area (TPSA) is 41.9 Å². The van der Waals surface area contributed by atoms with Gasteiger partial charge in [0.15, 0.2) is 6.10 Å². The van der Waals surface area contributed by atoms with Crippen LogP contribution in [0.15, 0.2) is 47.6 Å². The first kappa shape index (κ1) is 22.9. The first-order chi connectivity index (χ1) is 14.1.